The first-order chi connectivity index (χ1) is 13.3. The zero-order valence-electron chi connectivity index (χ0n) is 15.8. The second-order valence-electron chi connectivity index (χ2n) is 6.60. The summed E-state index contributed by atoms with van der Waals surface area (Å²) in [5, 5.41) is 15.0. The Hall–Kier alpha value is -2.36. The molecule has 8 heteroatoms. The van der Waals surface area contributed by atoms with E-state index in [-0.39, 0.29) is 24.0 Å². The number of nitrogens with one attached hydrogen (secondary N) is 2. The molecule has 4 rings (SSSR count). The topological polar surface area (TPSA) is 75.8 Å². The number of aromatic nitrogens is 3. The minimum atomic E-state index is 0. The van der Waals surface area contributed by atoms with Gasteiger partial charge in [-0.05, 0) is 37.5 Å². The Morgan fingerprint density at radius 2 is 1.89 bits per heavy atom. The zero-order valence-corrected chi connectivity index (χ0v) is 18.2. The minimum Gasteiger partial charge on any atom is -0.490 e. The number of halogens is 1. The maximum atomic E-state index is 6.09. The maximum Gasteiger partial charge on any atom is 0.191 e. The van der Waals surface area contributed by atoms with Crippen LogP contribution in [0.3, 0.4) is 0 Å². The number of aliphatic imine (C=N–C) groups is 1. The van der Waals surface area contributed by atoms with Gasteiger partial charge >= 0.3 is 0 Å². The van der Waals surface area contributed by atoms with Crippen LogP contribution in [0.2, 0.25) is 0 Å². The predicted octanol–water partition coefficient (Wildman–Crippen LogP) is 3.14. The van der Waals surface area contributed by atoms with Crippen molar-refractivity contribution in [3.8, 4) is 5.75 Å². The number of hydrogen-bond acceptors (Lipinski definition) is 4. The molecular formula is C20H25IN6O. The normalized spacial score (nSPS) is 14.2. The van der Waals surface area contributed by atoms with Crippen LogP contribution < -0.4 is 15.4 Å². The Balaban J connectivity index is 0.00000225. The summed E-state index contributed by atoms with van der Waals surface area (Å²) in [6.45, 7) is 1.17. The molecule has 2 aromatic heterocycles. The van der Waals surface area contributed by atoms with E-state index < -0.39 is 0 Å². The highest BCUT2D eigenvalue weighted by Crippen LogP contribution is 2.27. The smallest absolute Gasteiger partial charge is 0.191 e. The van der Waals surface area contributed by atoms with Gasteiger partial charge in [0.15, 0.2) is 17.4 Å². The Labute approximate surface area is 181 Å². The number of nitrogens with zero attached hydrogens (tertiary/aromatic N) is 4. The molecule has 7 nitrogen and oxygen atoms in total. The third-order valence-corrected chi connectivity index (χ3v) is 4.79. The average Bonchev–Trinajstić information content (AvgIpc) is 3.09. The largest absolute Gasteiger partial charge is 0.490 e. The van der Waals surface area contributed by atoms with E-state index in [4.69, 9.17) is 4.74 Å². The fourth-order valence-corrected chi connectivity index (χ4v) is 3.01. The first kappa shape index (κ1) is 20.4. The first-order valence-electron chi connectivity index (χ1n) is 9.31. The number of guanidine groups is 1. The molecule has 2 heterocycles. The monoisotopic (exact) mass is 492 g/mol. The number of ether oxygens (including phenoxy) is 1. The maximum absolute atomic E-state index is 6.09. The predicted molar refractivity (Wildman–Crippen MR) is 120 cm³/mol. The Morgan fingerprint density at radius 3 is 2.68 bits per heavy atom. The van der Waals surface area contributed by atoms with Crippen LogP contribution in [0, 0.1) is 0 Å². The summed E-state index contributed by atoms with van der Waals surface area (Å²) < 4.78 is 8.05. The van der Waals surface area contributed by atoms with Crippen LogP contribution in [-0.2, 0) is 13.1 Å². The van der Waals surface area contributed by atoms with Gasteiger partial charge in [0.05, 0.1) is 12.6 Å². The van der Waals surface area contributed by atoms with E-state index in [1.165, 1.54) is 6.42 Å². The summed E-state index contributed by atoms with van der Waals surface area (Å²) in [5.74, 6) is 2.50. The fourth-order valence-electron chi connectivity index (χ4n) is 3.01. The number of para-hydroxylation sites is 1. The highest BCUT2D eigenvalue weighted by molar-refractivity contribution is 14.0. The average molecular weight is 492 g/mol. The van der Waals surface area contributed by atoms with Crippen LogP contribution >= 0.6 is 24.0 Å². The number of pyridine rings is 1. The van der Waals surface area contributed by atoms with Crippen LogP contribution in [0.15, 0.2) is 53.7 Å². The third kappa shape index (κ3) is 4.73. The van der Waals surface area contributed by atoms with Gasteiger partial charge in [0.1, 0.15) is 5.75 Å². The number of rotatable bonds is 6. The second-order valence-corrected chi connectivity index (χ2v) is 6.60. The van der Waals surface area contributed by atoms with Crippen molar-refractivity contribution >= 4 is 35.6 Å². The van der Waals surface area contributed by atoms with Crippen LogP contribution in [0.5, 0.6) is 5.75 Å². The SMILES string of the molecule is CN=C(NCc1ccccc1OC1CCC1)NCc1nnc2ccccn12.I. The van der Waals surface area contributed by atoms with Crippen molar-refractivity contribution in [1.82, 2.24) is 25.2 Å². The zero-order chi connectivity index (χ0) is 18.5. The van der Waals surface area contributed by atoms with Crippen molar-refractivity contribution in [2.75, 3.05) is 7.05 Å². The molecule has 148 valence electrons. The number of hydrogen-bond donors (Lipinski definition) is 2. The molecule has 0 bridgehead atoms. The van der Waals surface area contributed by atoms with E-state index in [1.54, 1.807) is 7.05 Å². The molecule has 1 aromatic carbocycles. The molecule has 1 saturated carbocycles. The molecule has 1 aliphatic carbocycles. The van der Waals surface area contributed by atoms with E-state index >= 15 is 0 Å². The molecule has 1 aliphatic rings. The molecule has 0 saturated heterocycles. The highest BCUT2D eigenvalue weighted by atomic mass is 127. The lowest BCUT2D eigenvalue weighted by atomic mass is 9.96. The Kier molecular flexibility index (Phi) is 7.07. The van der Waals surface area contributed by atoms with Gasteiger partial charge < -0.3 is 15.4 Å². The van der Waals surface area contributed by atoms with E-state index in [1.807, 2.05) is 47.0 Å². The van der Waals surface area contributed by atoms with Gasteiger partial charge in [0.2, 0.25) is 0 Å². The molecular weight excluding hydrogens is 467 g/mol. The summed E-state index contributed by atoms with van der Waals surface area (Å²) in [6.07, 6.45) is 5.88. The molecule has 0 atom stereocenters. The summed E-state index contributed by atoms with van der Waals surface area (Å²) in [7, 11) is 1.76. The molecule has 3 aromatic rings. The number of benzene rings is 1. The summed E-state index contributed by atoms with van der Waals surface area (Å²) in [6, 6.07) is 14.0. The fraction of sp³-hybridized carbons (Fsp3) is 0.350. The van der Waals surface area contributed by atoms with Crippen molar-refractivity contribution < 1.29 is 4.74 Å². The summed E-state index contributed by atoms with van der Waals surface area (Å²) in [4.78, 5) is 4.30. The molecule has 0 unspecified atom stereocenters. The van der Waals surface area contributed by atoms with Gasteiger partial charge in [0.25, 0.3) is 0 Å². The van der Waals surface area contributed by atoms with E-state index in [0.29, 0.717) is 25.2 Å². The van der Waals surface area contributed by atoms with Crippen molar-refractivity contribution in [1.29, 1.82) is 0 Å². The first-order valence-corrected chi connectivity index (χ1v) is 9.31. The number of fused-ring (bicyclic) bond motifs is 1. The lowest BCUT2D eigenvalue weighted by molar-refractivity contribution is 0.119. The van der Waals surface area contributed by atoms with Gasteiger partial charge in [-0.25, -0.2) is 0 Å². The Morgan fingerprint density at radius 1 is 1.11 bits per heavy atom. The van der Waals surface area contributed by atoms with Gasteiger partial charge in [-0.15, -0.1) is 34.2 Å². The lowest BCUT2D eigenvalue weighted by Gasteiger charge is -2.27. The van der Waals surface area contributed by atoms with Crippen LogP contribution in [0.4, 0.5) is 0 Å². The van der Waals surface area contributed by atoms with Crippen LogP contribution in [0.1, 0.15) is 30.7 Å². The van der Waals surface area contributed by atoms with E-state index in [9.17, 15) is 0 Å². The molecule has 0 spiro atoms. The minimum absolute atomic E-state index is 0. The second kappa shape index (κ2) is 9.72. The van der Waals surface area contributed by atoms with Crippen molar-refractivity contribution in [3.05, 3.63) is 60.0 Å². The van der Waals surface area contributed by atoms with Crippen LogP contribution in [-0.4, -0.2) is 33.7 Å². The van der Waals surface area contributed by atoms with Gasteiger partial charge in [-0.3, -0.25) is 9.39 Å². The van der Waals surface area contributed by atoms with E-state index in [0.717, 1.165) is 35.6 Å². The molecule has 1 fully saturated rings. The quantitative estimate of drug-likeness (QED) is 0.314. The summed E-state index contributed by atoms with van der Waals surface area (Å²) >= 11 is 0. The van der Waals surface area contributed by atoms with Crippen molar-refractivity contribution in [2.24, 2.45) is 4.99 Å². The standard InChI is InChI=1S/C20H24N6O.HI/c1-21-20(23-14-19-25-24-18-11-4-5-12-26(18)19)22-13-15-7-2-3-10-17(15)27-16-8-6-9-16;/h2-5,7,10-12,16H,6,8-9,13-14H2,1H3,(H2,21,22,23);1H. The van der Waals surface area contributed by atoms with Crippen LogP contribution in [0.25, 0.3) is 5.65 Å². The lowest BCUT2D eigenvalue weighted by Crippen LogP contribution is -2.37. The highest BCUT2D eigenvalue weighted by Gasteiger charge is 2.20. The molecule has 0 aliphatic heterocycles. The van der Waals surface area contributed by atoms with Crippen molar-refractivity contribution in [2.45, 2.75) is 38.5 Å². The van der Waals surface area contributed by atoms with E-state index in [2.05, 4.69) is 31.9 Å². The van der Waals surface area contributed by atoms with Gasteiger partial charge in [-0.2, -0.15) is 0 Å². The summed E-state index contributed by atoms with van der Waals surface area (Å²) in [5.41, 5.74) is 1.96. The Bertz CT molecular complexity index is 937. The van der Waals surface area contributed by atoms with Gasteiger partial charge in [-0.1, -0.05) is 24.3 Å². The van der Waals surface area contributed by atoms with Crippen molar-refractivity contribution in [3.63, 3.8) is 0 Å². The molecule has 28 heavy (non-hydrogen) atoms. The third-order valence-electron chi connectivity index (χ3n) is 4.79. The molecule has 2 N–H and O–H groups in total. The van der Waals surface area contributed by atoms with Gasteiger partial charge in [0, 0.05) is 25.4 Å². The molecule has 0 amide bonds. The molecule has 0 radical (unpaired) electrons.